The van der Waals surface area contributed by atoms with Gasteiger partial charge in [-0.3, -0.25) is 4.98 Å². The lowest BCUT2D eigenvalue weighted by molar-refractivity contribution is 0.489. The van der Waals surface area contributed by atoms with Gasteiger partial charge in [-0.2, -0.15) is 0 Å². The molecule has 3 nitrogen and oxygen atoms in total. The van der Waals surface area contributed by atoms with Gasteiger partial charge >= 0.3 is 0 Å². The topological polar surface area (TPSA) is 38.9 Å². The van der Waals surface area contributed by atoms with Gasteiger partial charge in [0.05, 0.1) is 6.20 Å². The molecule has 0 N–H and O–H groups in total. The van der Waals surface area contributed by atoms with Gasteiger partial charge in [-0.05, 0) is 12.3 Å². The Morgan fingerprint density at radius 3 is 3.18 bits per heavy atom. The number of rotatable bonds is 1. The first-order valence-corrected chi connectivity index (χ1v) is 4.37. The maximum atomic E-state index is 5.31. The molecule has 0 aliphatic carbocycles. The number of aromatic nitrogens is 2. The molecule has 0 aliphatic heterocycles. The molecule has 0 radical (unpaired) electrons. The van der Waals surface area contributed by atoms with E-state index in [1.54, 1.807) is 12.4 Å². The summed E-state index contributed by atoms with van der Waals surface area (Å²) < 4.78 is 5.31. The fourth-order valence-electron chi connectivity index (χ4n) is 0.846. The van der Waals surface area contributed by atoms with E-state index in [4.69, 9.17) is 4.42 Å². The minimum absolute atomic E-state index is 0.688. The number of pyridine rings is 1. The predicted octanol–water partition coefficient (Wildman–Crippen LogP) is 1.94. The molecule has 0 fully saturated rings. The minimum Gasteiger partial charge on any atom is -0.430 e. The number of oxazole rings is 1. The first-order valence-electron chi connectivity index (χ1n) is 3.14. The van der Waals surface area contributed by atoms with Crippen LogP contribution >= 0.6 is 11.8 Å². The second-order valence-corrected chi connectivity index (χ2v) is 2.78. The fourth-order valence-corrected chi connectivity index (χ4v) is 1.21. The maximum absolute atomic E-state index is 5.31. The highest BCUT2D eigenvalue weighted by atomic mass is 32.2. The lowest BCUT2D eigenvalue weighted by atomic mass is 10.4. The lowest BCUT2D eigenvalue weighted by Crippen LogP contribution is -1.68. The highest BCUT2D eigenvalue weighted by Gasteiger charge is 2.01. The average Bonchev–Trinajstić information content (AvgIpc) is 2.46. The Hall–Kier alpha value is -1.03. The molecular formula is C7H6N2OS. The van der Waals surface area contributed by atoms with Crippen molar-refractivity contribution in [3.8, 4) is 0 Å². The van der Waals surface area contributed by atoms with Crippen molar-refractivity contribution in [2.45, 2.75) is 5.22 Å². The van der Waals surface area contributed by atoms with Crippen LogP contribution in [0, 0.1) is 0 Å². The molecule has 0 aromatic carbocycles. The zero-order valence-corrected chi connectivity index (χ0v) is 6.76. The van der Waals surface area contributed by atoms with Crippen LogP contribution in [0.4, 0.5) is 0 Å². The van der Waals surface area contributed by atoms with E-state index in [0.717, 1.165) is 11.1 Å². The summed E-state index contributed by atoms with van der Waals surface area (Å²) in [5, 5.41) is 0.688. The summed E-state index contributed by atoms with van der Waals surface area (Å²) in [7, 11) is 0. The molecular weight excluding hydrogens is 160 g/mol. The summed E-state index contributed by atoms with van der Waals surface area (Å²) in [5.41, 5.74) is 1.61. The summed E-state index contributed by atoms with van der Waals surface area (Å²) in [4.78, 5) is 8.10. The van der Waals surface area contributed by atoms with E-state index < -0.39 is 0 Å². The zero-order valence-electron chi connectivity index (χ0n) is 5.94. The number of hydrogen-bond acceptors (Lipinski definition) is 4. The van der Waals surface area contributed by atoms with Crippen LogP contribution in [0.2, 0.25) is 0 Å². The molecule has 2 aromatic rings. The van der Waals surface area contributed by atoms with Crippen LogP contribution in [0.5, 0.6) is 0 Å². The SMILES string of the molecule is CSc1nc2ccncc2o1. The first-order chi connectivity index (χ1) is 5.40. The van der Waals surface area contributed by atoms with Crippen LogP contribution in [0.3, 0.4) is 0 Å². The zero-order chi connectivity index (χ0) is 7.68. The highest BCUT2D eigenvalue weighted by Crippen LogP contribution is 2.19. The van der Waals surface area contributed by atoms with Gasteiger partial charge in [0.15, 0.2) is 5.58 Å². The Morgan fingerprint density at radius 2 is 2.45 bits per heavy atom. The lowest BCUT2D eigenvalue weighted by Gasteiger charge is -1.80. The predicted molar refractivity (Wildman–Crippen MR) is 43.6 cm³/mol. The molecule has 0 bridgehead atoms. The van der Waals surface area contributed by atoms with Gasteiger partial charge in [-0.1, -0.05) is 11.8 Å². The van der Waals surface area contributed by atoms with Crippen molar-refractivity contribution in [3.05, 3.63) is 18.5 Å². The molecule has 0 atom stereocenters. The molecule has 2 aromatic heterocycles. The van der Waals surface area contributed by atoms with Crippen molar-refractivity contribution < 1.29 is 4.42 Å². The van der Waals surface area contributed by atoms with E-state index in [2.05, 4.69) is 9.97 Å². The standard InChI is InChI=1S/C7H6N2OS/c1-11-7-9-5-2-3-8-4-6(5)10-7/h2-4H,1H3. The summed E-state index contributed by atoms with van der Waals surface area (Å²) in [6.45, 7) is 0. The molecule has 0 spiro atoms. The molecule has 0 unspecified atom stereocenters. The smallest absolute Gasteiger partial charge is 0.256 e. The van der Waals surface area contributed by atoms with Crippen LogP contribution < -0.4 is 0 Å². The Bertz CT molecular complexity index is 338. The third-order valence-corrected chi connectivity index (χ3v) is 1.87. The Morgan fingerprint density at radius 1 is 1.55 bits per heavy atom. The van der Waals surface area contributed by atoms with E-state index in [1.807, 2.05) is 12.3 Å². The van der Waals surface area contributed by atoms with Crippen molar-refractivity contribution in [1.82, 2.24) is 9.97 Å². The van der Waals surface area contributed by atoms with Crippen molar-refractivity contribution in [3.63, 3.8) is 0 Å². The van der Waals surface area contributed by atoms with Gasteiger partial charge in [-0.25, -0.2) is 4.98 Å². The van der Waals surface area contributed by atoms with E-state index in [9.17, 15) is 0 Å². The van der Waals surface area contributed by atoms with Crippen molar-refractivity contribution in [2.75, 3.05) is 6.26 Å². The number of nitrogens with zero attached hydrogens (tertiary/aromatic N) is 2. The monoisotopic (exact) mass is 166 g/mol. The molecule has 2 rings (SSSR count). The van der Waals surface area contributed by atoms with Crippen LogP contribution in [0.1, 0.15) is 0 Å². The van der Waals surface area contributed by atoms with E-state index in [0.29, 0.717) is 5.22 Å². The molecule has 56 valence electrons. The quantitative estimate of drug-likeness (QED) is 0.607. The Labute approximate surface area is 67.8 Å². The number of thioether (sulfide) groups is 1. The number of hydrogen-bond donors (Lipinski definition) is 0. The largest absolute Gasteiger partial charge is 0.430 e. The van der Waals surface area contributed by atoms with Crippen LogP contribution in [-0.2, 0) is 0 Å². The molecule has 4 heteroatoms. The van der Waals surface area contributed by atoms with E-state index in [-0.39, 0.29) is 0 Å². The average molecular weight is 166 g/mol. The van der Waals surface area contributed by atoms with Crippen LogP contribution in [0.15, 0.2) is 28.1 Å². The van der Waals surface area contributed by atoms with Crippen molar-refractivity contribution in [1.29, 1.82) is 0 Å². The molecule has 0 amide bonds. The van der Waals surface area contributed by atoms with Crippen LogP contribution in [0.25, 0.3) is 11.1 Å². The summed E-state index contributed by atoms with van der Waals surface area (Å²) in [6, 6.07) is 1.83. The molecule has 0 saturated carbocycles. The van der Waals surface area contributed by atoms with Gasteiger partial charge in [0.25, 0.3) is 5.22 Å². The normalized spacial score (nSPS) is 10.6. The molecule has 2 heterocycles. The minimum atomic E-state index is 0.688. The third-order valence-electron chi connectivity index (χ3n) is 1.35. The second kappa shape index (κ2) is 2.54. The second-order valence-electron chi connectivity index (χ2n) is 2.03. The van der Waals surface area contributed by atoms with Crippen LogP contribution in [-0.4, -0.2) is 16.2 Å². The first kappa shape index (κ1) is 6.67. The van der Waals surface area contributed by atoms with Crippen molar-refractivity contribution >= 4 is 22.9 Å². The third kappa shape index (κ3) is 1.09. The summed E-state index contributed by atoms with van der Waals surface area (Å²) in [6.07, 6.45) is 5.30. The molecule has 0 saturated heterocycles. The molecule has 11 heavy (non-hydrogen) atoms. The van der Waals surface area contributed by atoms with Crippen molar-refractivity contribution in [2.24, 2.45) is 0 Å². The van der Waals surface area contributed by atoms with Gasteiger partial charge < -0.3 is 4.42 Å². The van der Waals surface area contributed by atoms with Gasteiger partial charge in [-0.15, -0.1) is 0 Å². The van der Waals surface area contributed by atoms with Gasteiger partial charge in [0, 0.05) is 6.20 Å². The Kier molecular flexibility index (Phi) is 1.54. The Balaban J connectivity index is 2.69. The number of fused-ring (bicyclic) bond motifs is 1. The summed E-state index contributed by atoms with van der Waals surface area (Å²) in [5.74, 6) is 0. The van der Waals surface area contributed by atoms with E-state index >= 15 is 0 Å². The van der Waals surface area contributed by atoms with Gasteiger partial charge in [0.2, 0.25) is 0 Å². The molecule has 0 aliphatic rings. The maximum Gasteiger partial charge on any atom is 0.256 e. The fraction of sp³-hybridized carbons (Fsp3) is 0.143. The summed E-state index contributed by atoms with van der Waals surface area (Å²) >= 11 is 1.49. The van der Waals surface area contributed by atoms with Gasteiger partial charge in [0.1, 0.15) is 5.52 Å². The highest BCUT2D eigenvalue weighted by molar-refractivity contribution is 7.98. The van der Waals surface area contributed by atoms with E-state index in [1.165, 1.54) is 11.8 Å².